The molecule has 0 bridgehead atoms. The molecule has 2 heterocycles. The Morgan fingerprint density at radius 2 is 1.77 bits per heavy atom. The van der Waals surface area contributed by atoms with E-state index in [-0.39, 0.29) is 11.9 Å². The number of amidine groups is 2. The number of carbonyl (C=O) groups excluding carboxylic acids is 1. The van der Waals surface area contributed by atoms with Crippen molar-refractivity contribution in [3.8, 4) is 11.5 Å². The number of carbonyl (C=O) groups is 1. The predicted molar refractivity (Wildman–Crippen MR) is 143 cm³/mol. The summed E-state index contributed by atoms with van der Waals surface area (Å²) < 4.78 is 11.0. The van der Waals surface area contributed by atoms with Crippen molar-refractivity contribution in [1.29, 1.82) is 0 Å². The molecule has 2 aromatic carbocycles. The Labute approximate surface area is 219 Å². The number of nitrogens with zero attached hydrogens (tertiary/aromatic N) is 3. The maximum Gasteiger partial charge on any atom is 0.270 e. The standard InChI is InChI=1S/C26H27Cl2N3O3S/c1-33-22-12-18-20(13-23(22)34-2)29-26(35-14-16-11-17(27)8-9-19(16)28)31-21(25(32)30-24(18)31)10-15-6-4-3-5-7-15/h8-9,11-13,15,21H,3-7,10,14H2,1-2H3/t21-/m0/s1. The highest BCUT2D eigenvalue weighted by Crippen LogP contribution is 2.43. The van der Waals surface area contributed by atoms with E-state index in [0.717, 1.165) is 35.6 Å². The van der Waals surface area contributed by atoms with Crippen LogP contribution in [0.4, 0.5) is 5.69 Å². The Hall–Kier alpha value is -2.22. The van der Waals surface area contributed by atoms with Crippen molar-refractivity contribution in [2.75, 3.05) is 14.2 Å². The molecule has 2 aromatic rings. The van der Waals surface area contributed by atoms with E-state index in [1.807, 2.05) is 23.1 Å². The molecule has 5 rings (SSSR count). The van der Waals surface area contributed by atoms with Gasteiger partial charge in [-0.25, -0.2) is 4.99 Å². The van der Waals surface area contributed by atoms with Gasteiger partial charge in [0.15, 0.2) is 16.7 Å². The first kappa shape index (κ1) is 24.5. The van der Waals surface area contributed by atoms with Crippen LogP contribution in [0.1, 0.15) is 49.7 Å². The number of amides is 1. The molecule has 1 saturated carbocycles. The van der Waals surface area contributed by atoms with E-state index in [9.17, 15) is 4.79 Å². The molecule has 1 amide bonds. The average molecular weight is 532 g/mol. The molecular weight excluding hydrogens is 505 g/mol. The summed E-state index contributed by atoms with van der Waals surface area (Å²) in [5, 5.41) is 2.01. The molecule has 35 heavy (non-hydrogen) atoms. The second kappa shape index (κ2) is 10.4. The fraction of sp³-hybridized carbons (Fsp3) is 0.423. The lowest BCUT2D eigenvalue weighted by Crippen LogP contribution is -2.44. The normalized spacial score (nSPS) is 19.7. The Kier molecular flexibility index (Phi) is 7.28. The minimum absolute atomic E-state index is 0.109. The first-order chi connectivity index (χ1) is 17.0. The number of aliphatic imine (C=N–C) groups is 2. The zero-order valence-corrected chi connectivity index (χ0v) is 22.1. The molecule has 0 radical (unpaired) electrons. The van der Waals surface area contributed by atoms with E-state index in [2.05, 4.69) is 4.99 Å². The fourth-order valence-electron chi connectivity index (χ4n) is 5.04. The molecule has 1 atom stereocenters. The number of ether oxygens (including phenoxy) is 2. The third kappa shape index (κ3) is 4.91. The Morgan fingerprint density at radius 1 is 1.03 bits per heavy atom. The maximum absolute atomic E-state index is 13.2. The second-order valence-electron chi connectivity index (χ2n) is 9.04. The molecule has 0 N–H and O–H groups in total. The lowest BCUT2D eigenvalue weighted by Gasteiger charge is -2.33. The molecule has 6 nitrogen and oxygen atoms in total. The third-order valence-corrected chi connectivity index (χ3v) is 8.46. The van der Waals surface area contributed by atoms with Crippen molar-refractivity contribution in [3.05, 3.63) is 51.5 Å². The quantitative estimate of drug-likeness (QED) is 0.406. The van der Waals surface area contributed by atoms with Gasteiger partial charge in [-0.1, -0.05) is 67.1 Å². The van der Waals surface area contributed by atoms with Crippen LogP contribution >= 0.6 is 35.0 Å². The number of rotatable bonds is 6. The van der Waals surface area contributed by atoms with Gasteiger partial charge in [-0.05, 0) is 42.2 Å². The van der Waals surface area contributed by atoms with Crippen LogP contribution in [0.3, 0.4) is 0 Å². The van der Waals surface area contributed by atoms with Gasteiger partial charge in [0.25, 0.3) is 5.91 Å². The first-order valence-corrected chi connectivity index (χ1v) is 13.6. The van der Waals surface area contributed by atoms with Gasteiger partial charge in [0, 0.05) is 27.4 Å². The summed E-state index contributed by atoms with van der Waals surface area (Å²) in [4.78, 5) is 24.8. The van der Waals surface area contributed by atoms with Gasteiger partial charge < -0.3 is 9.47 Å². The predicted octanol–water partition coefficient (Wildman–Crippen LogP) is 6.87. The first-order valence-electron chi connectivity index (χ1n) is 11.8. The smallest absolute Gasteiger partial charge is 0.270 e. The van der Waals surface area contributed by atoms with E-state index in [1.54, 1.807) is 26.4 Å². The largest absolute Gasteiger partial charge is 0.493 e. The lowest BCUT2D eigenvalue weighted by molar-refractivity contribution is -0.120. The maximum atomic E-state index is 13.2. The highest BCUT2D eigenvalue weighted by Gasteiger charge is 2.43. The Bertz CT molecular complexity index is 1210. The van der Waals surface area contributed by atoms with Crippen LogP contribution in [0.2, 0.25) is 10.0 Å². The molecule has 3 aliphatic rings. The number of fused-ring (bicyclic) bond motifs is 3. The van der Waals surface area contributed by atoms with Gasteiger partial charge in [-0.2, -0.15) is 4.99 Å². The molecule has 1 fully saturated rings. The summed E-state index contributed by atoms with van der Waals surface area (Å²) in [5.41, 5.74) is 2.38. The molecule has 0 unspecified atom stereocenters. The van der Waals surface area contributed by atoms with Gasteiger partial charge >= 0.3 is 0 Å². The molecule has 1 aliphatic carbocycles. The second-order valence-corrected chi connectivity index (χ2v) is 10.8. The van der Waals surface area contributed by atoms with Gasteiger partial charge in [-0.3, -0.25) is 9.69 Å². The molecule has 0 aromatic heterocycles. The Morgan fingerprint density at radius 3 is 2.51 bits per heavy atom. The molecule has 9 heteroatoms. The van der Waals surface area contributed by atoms with Crippen LogP contribution in [0.5, 0.6) is 11.5 Å². The summed E-state index contributed by atoms with van der Waals surface area (Å²) in [6.07, 6.45) is 6.83. The summed E-state index contributed by atoms with van der Waals surface area (Å²) in [7, 11) is 3.19. The molecule has 0 saturated heterocycles. The van der Waals surface area contributed by atoms with Gasteiger partial charge in [-0.15, -0.1) is 0 Å². The van der Waals surface area contributed by atoms with E-state index in [4.69, 9.17) is 37.7 Å². The Balaban J connectivity index is 1.52. The van der Waals surface area contributed by atoms with E-state index in [1.165, 1.54) is 31.0 Å². The minimum atomic E-state index is -0.351. The van der Waals surface area contributed by atoms with Crippen molar-refractivity contribution >= 4 is 57.6 Å². The highest BCUT2D eigenvalue weighted by molar-refractivity contribution is 8.13. The van der Waals surface area contributed by atoms with Gasteiger partial charge in [0.05, 0.1) is 19.9 Å². The number of thioether (sulfide) groups is 1. The summed E-state index contributed by atoms with van der Waals surface area (Å²) in [6.45, 7) is 0. The summed E-state index contributed by atoms with van der Waals surface area (Å²) >= 11 is 14.2. The summed E-state index contributed by atoms with van der Waals surface area (Å²) in [5.74, 6) is 2.76. The number of hydrogen-bond donors (Lipinski definition) is 0. The number of halogens is 2. The van der Waals surface area contributed by atoms with Crippen molar-refractivity contribution in [2.24, 2.45) is 15.9 Å². The lowest BCUT2D eigenvalue weighted by atomic mass is 9.84. The van der Waals surface area contributed by atoms with Crippen LogP contribution in [0.15, 0.2) is 40.3 Å². The topological polar surface area (TPSA) is 63.5 Å². The van der Waals surface area contributed by atoms with Crippen LogP contribution in [-0.4, -0.2) is 42.1 Å². The highest BCUT2D eigenvalue weighted by atomic mass is 35.5. The molecule has 184 valence electrons. The number of hydrogen-bond acceptors (Lipinski definition) is 6. The van der Waals surface area contributed by atoms with Crippen LogP contribution < -0.4 is 9.47 Å². The van der Waals surface area contributed by atoms with Crippen molar-refractivity contribution < 1.29 is 14.3 Å². The molecule has 0 spiro atoms. The van der Waals surface area contributed by atoms with Gasteiger partial charge in [0.1, 0.15) is 11.9 Å². The van der Waals surface area contributed by atoms with E-state index < -0.39 is 0 Å². The third-order valence-electron chi connectivity index (χ3n) is 6.85. The van der Waals surface area contributed by atoms with Crippen molar-refractivity contribution in [1.82, 2.24) is 4.90 Å². The molecular formula is C26H27Cl2N3O3S. The van der Waals surface area contributed by atoms with E-state index >= 15 is 0 Å². The SMILES string of the molecule is COc1cc2c(cc1OC)C1=NC(=O)[C@H](CC3CCCCC3)N1C(SCc1cc(Cl)ccc1Cl)=N2. The van der Waals surface area contributed by atoms with Crippen molar-refractivity contribution in [2.45, 2.75) is 50.3 Å². The summed E-state index contributed by atoms with van der Waals surface area (Å²) in [6, 6.07) is 8.78. The monoisotopic (exact) mass is 531 g/mol. The number of methoxy groups -OCH3 is 2. The number of benzene rings is 2. The van der Waals surface area contributed by atoms with Crippen molar-refractivity contribution in [3.63, 3.8) is 0 Å². The zero-order chi connectivity index (χ0) is 24.5. The van der Waals surface area contributed by atoms with Crippen LogP contribution in [0.25, 0.3) is 0 Å². The van der Waals surface area contributed by atoms with E-state index in [0.29, 0.717) is 44.7 Å². The fourth-order valence-corrected chi connectivity index (χ4v) is 6.54. The minimum Gasteiger partial charge on any atom is -0.493 e. The van der Waals surface area contributed by atoms with Crippen LogP contribution in [-0.2, 0) is 10.5 Å². The van der Waals surface area contributed by atoms with Crippen LogP contribution in [0, 0.1) is 5.92 Å². The molecule has 2 aliphatic heterocycles. The van der Waals surface area contributed by atoms with Gasteiger partial charge in [0.2, 0.25) is 0 Å². The zero-order valence-electron chi connectivity index (χ0n) is 19.7. The average Bonchev–Trinajstić information content (AvgIpc) is 3.20.